The Hall–Kier alpha value is -2.26. The van der Waals surface area contributed by atoms with Gasteiger partial charge in [-0.1, -0.05) is 12.5 Å². The van der Waals surface area contributed by atoms with Crippen molar-refractivity contribution in [2.75, 3.05) is 0 Å². The van der Waals surface area contributed by atoms with E-state index in [1.807, 2.05) is 6.92 Å². The Bertz CT molecular complexity index is 925. The van der Waals surface area contributed by atoms with Crippen molar-refractivity contribution < 1.29 is 43.2 Å². The van der Waals surface area contributed by atoms with Crippen molar-refractivity contribution in [3.63, 3.8) is 0 Å². The minimum absolute atomic E-state index is 0.0852. The predicted molar refractivity (Wildman–Crippen MR) is 113 cm³/mol. The van der Waals surface area contributed by atoms with E-state index in [0.717, 1.165) is 5.57 Å². The maximum atomic E-state index is 13.7. The molecule has 0 bridgehead atoms. The molecule has 0 radical (unpaired) electrons. The largest absolute Gasteiger partial charge is 0.459 e. The second-order valence-electron chi connectivity index (χ2n) is 10.2. The van der Waals surface area contributed by atoms with Crippen LogP contribution in [-0.4, -0.2) is 64.9 Å². The van der Waals surface area contributed by atoms with Gasteiger partial charge in [0.15, 0.2) is 11.7 Å². The van der Waals surface area contributed by atoms with Crippen LogP contribution in [0, 0.1) is 23.2 Å². The van der Waals surface area contributed by atoms with Crippen molar-refractivity contribution in [3.8, 4) is 0 Å². The van der Waals surface area contributed by atoms with Crippen LogP contribution >= 0.6 is 0 Å². The number of rotatable bonds is 2. The number of hydrogen-bond acceptors (Lipinski definition) is 9. The predicted octanol–water partition coefficient (Wildman–Crippen LogP) is 1.49. The fraction of sp³-hybridized carbons (Fsp3) is 0.750. The molecule has 9 nitrogen and oxygen atoms in total. The fourth-order valence-electron chi connectivity index (χ4n) is 6.28. The summed E-state index contributed by atoms with van der Waals surface area (Å²) >= 11 is 0. The van der Waals surface area contributed by atoms with Gasteiger partial charge in [-0.05, 0) is 33.3 Å². The molecule has 4 aliphatic rings. The number of Topliss-reactive ketones (excluding diaryl/α,β-unsaturated/α-hetero) is 1. The first-order valence-electron chi connectivity index (χ1n) is 11.5. The van der Waals surface area contributed by atoms with E-state index in [4.69, 9.17) is 18.9 Å². The second kappa shape index (κ2) is 7.91. The number of aliphatic hydroxyl groups is 1. The lowest BCUT2D eigenvalue weighted by atomic mass is 9.54. The number of epoxide rings is 1. The smallest absolute Gasteiger partial charge is 0.312 e. The molecule has 0 aromatic carbocycles. The normalized spacial score (nSPS) is 48.3. The number of carbonyl (C=O) groups excluding carboxylic acids is 4. The van der Waals surface area contributed by atoms with Crippen LogP contribution in [0.5, 0.6) is 0 Å². The summed E-state index contributed by atoms with van der Waals surface area (Å²) in [6.07, 6.45) is -1.77. The van der Waals surface area contributed by atoms with Crippen LogP contribution in [-0.2, 0) is 38.1 Å². The number of fused-ring (bicyclic) bond motifs is 4. The molecule has 4 rings (SSSR count). The third kappa shape index (κ3) is 3.51. The zero-order valence-corrected chi connectivity index (χ0v) is 19.8. The van der Waals surface area contributed by atoms with Crippen LogP contribution in [0.4, 0.5) is 0 Å². The molecule has 2 saturated heterocycles. The molecule has 0 unspecified atom stereocenters. The van der Waals surface area contributed by atoms with Crippen LogP contribution in [0.1, 0.15) is 54.4 Å². The van der Waals surface area contributed by atoms with Crippen LogP contribution in [0.2, 0.25) is 0 Å². The summed E-state index contributed by atoms with van der Waals surface area (Å²) in [5, 5.41) is 12.1. The molecule has 2 aliphatic heterocycles. The first-order chi connectivity index (χ1) is 15.3. The van der Waals surface area contributed by atoms with Crippen molar-refractivity contribution in [2.24, 2.45) is 23.2 Å². The van der Waals surface area contributed by atoms with Gasteiger partial charge in [0, 0.05) is 32.1 Å². The minimum atomic E-state index is -1.93. The zero-order chi connectivity index (χ0) is 24.5. The van der Waals surface area contributed by atoms with Gasteiger partial charge in [0.05, 0.1) is 11.3 Å². The lowest BCUT2D eigenvalue weighted by Gasteiger charge is -2.51. The molecule has 182 valence electrons. The number of carbonyl (C=O) groups is 4. The van der Waals surface area contributed by atoms with Crippen molar-refractivity contribution in [3.05, 3.63) is 11.6 Å². The van der Waals surface area contributed by atoms with E-state index in [2.05, 4.69) is 0 Å². The summed E-state index contributed by atoms with van der Waals surface area (Å²) in [6.45, 7) is 9.41. The summed E-state index contributed by atoms with van der Waals surface area (Å²) in [5.74, 6) is -4.20. The van der Waals surface area contributed by atoms with Gasteiger partial charge < -0.3 is 24.1 Å². The maximum absolute atomic E-state index is 13.7. The SMILES string of the molecule is CC(=O)O[C@@H]1[C@H](C)[C@@H]2[C@H](OC(C)=O)[C@@]3(O)[C@H](/C=C(/C)CCC(=O)[C@@]2(C)[C@@H]2O[C@H]12)OC(=O)[C@@H]3C. The van der Waals surface area contributed by atoms with E-state index in [9.17, 15) is 24.3 Å². The standard InChI is InChI=1S/C24H32O9/c1-10-7-8-15(27)23(6)17(11(2)18(30-13(4)25)19-21(23)33-19)20(31-14(5)26)24(29)12(3)22(28)32-16(24)9-10/h9,11-12,16-21,29H,7-8H2,1-6H3/b10-9-/t11-,12+,16+,17-,18-,19-,20+,21-,23-,24+/m1/s1. The molecule has 9 heteroatoms. The Morgan fingerprint density at radius 3 is 2.36 bits per heavy atom. The van der Waals surface area contributed by atoms with Crippen molar-refractivity contribution in [1.82, 2.24) is 0 Å². The molecule has 2 heterocycles. The van der Waals surface area contributed by atoms with Crippen LogP contribution in [0.25, 0.3) is 0 Å². The monoisotopic (exact) mass is 464 g/mol. The molecule has 0 amide bonds. The Balaban J connectivity index is 1.93. The molecular formula is C24H32O9. The number of allylic oxidation sites excluding steroid dienone is 1. The third-order valence-corrected chi connectivity index (χ3v) is 8.12. The van der Waals surface area contributed by atoms with Crippen molar-refractivity contribution in [2.45, 2.75) is 90.5 Å². The van der Waals surface area contributed by atoms with E-state index in [-0.39, 0.29) is 12.2 Å². The van der Waals surface area contributed by atoms with Crippen molar-refractivity contribution >= 4 is 23.7 Å². The van der Waals surface area contributed by atoms with Gasteiger partial charge in [0.1, 0.15) is 30.2 Å². The first-order valence-corrected chi connectivity index (χ1v) is 11.5. The molecular weight excluding hydrogens is 432 g/mol. The molecule has 1 saturated carbocycles. The summed E-state index contributed by atoms with van der Waals surface area (Å²) < 4.78 is 22.8. The average molecular weight is 465 g/mol. The first kappa shape index (κ1) is 23.9. The van der Waals surface area contributed by atoms with Gasteiger partial charge in [-0.2, -0.15) is 0 Å². The van der Waals surface area contributed by atoms with E-state index >= 15 is 0 Å². The Labute approximate surface area is 192 Å². The van der Waals surface area contributed by atoms with Gasteiger partial charge >= 0.3 is 17.9 Å². The molecule has 10 atom stereocenters. The van der Waals surface area contributed by atoms with Gasteiger partial charge in [-0.15, -0.1) is 0 Å². The second-order valence-corrected chi connectivity index (χ2v) is 10.2. The highest BCUT2D eigenvalue weighted by Crippen LogP contribution is 2.60. The quantitative estimate of drug-likeness (QED) is 0.280. The molecule has 1 N–H and O–H groups in total. The molecule has 0 aromatic heterocycles. The van der Waals surface area contributed by atoms with Gasteiger partial charge in [0.25, 0.3) is 0 Å². The molecule has 3 fully saturated rings. The Morgan fingerprint density at radius 1 is 1.12 bits per heavy atom. The van der Waals surface area contributed by atoms with E-state index in [0.29, 0.717) is 6.42 Å². The maximum Gasteiger partial charge on any atom is 0.312 e. The molecule has 33 heavy (non-hydrogen) atoms. The van der Waals surface area contributed by atoms with Crippen LogP contribution < -0.4 is 0 Å². The van der Waals surface area contributed by atoms with E-state index in [1.54, 1.807) is 19.9 Å². The highest BCUT2D eigenvalue weighted by Gasteiger charge is 2.74. The topological polar surface area (TPSA) is 129 Å². The van der Waals surface area contributed by atoms with Crippen molar-refractivity contribution in [1.29, 1.82) is 0 Å². The average Bonchev–Trinajstić information content (AvgIpc) is 3.49. The Kier molecular flexibility index (Phi) is 5.72. The summed E-state index contributed by atoms with van der Waals surface area (Å²) in [5.41, 5.74) is -2.28. The van der Waals surface area contributed by atoms with E-state index < -0.39 is 77.2 Å². The fourth-order valence-corrected chi connectivity index (χ4v) is 6.28. The summed E-state index contributed by atoms with van der Waals surface area (Å²) in [4.78, 5) is 50.4. The number of esters is 3. The van der Waals surface area contributed by atoms with Gasteiger partial charge in [0.2, 0.25) is 0 Å². The van der Waals surface area contributed by atoms with Crippen LogP contribution in [0.3, 0.4) is 0 Å². The van der Waals surface area contributed by atoms with Gasteiger partial charge in [-0.25, -0.2) is 0 Å². The third-order valence-electron chi connectivity index (χ3n) is 8.12. The zero-order valence-electron chi connectivity index (χ0n) is 19.8. The van der Waals surface area contributed by atoms with E-state index in [1.165, 1.54) is 20.8 Å². The van der Waals surface area contributed by atoms with Gasteiger partial charge in [-0.3, -0.25) is 19.2 Å². The molecule has 0 spiro atoms. The van der Waals surface area contributed by atoms with Crippen LogP contribution in [0.15, 0.2) is 11.6 Å². The Morgan fingerprint density at radius 2 is 1.76 bits per heavy atom. The highest BCUT2D eigenvalue weighted by molar-refractivity contribution is 5.87. The lowest BCUT2D eigenvalue weighted by Crippen LogP contribution is -2.66. The highest BCUT2D eigenvalue weighted by atomic mass is 16.6. The summed E-state index contributed by atoms with van der Waals surface area (Å²) in [6, 6.07) is 0. The number of ether oxygens (including phenoxy) is 4. The number of hydrogen-bond donors (Lipinski definition) is 1. The lowest BCUT2D eigenvalue weighted by molar-refractivity contribution is -0.208. The summed E-state index contributed by atoms with van der Waals surface area (Å²) in [7, 11) is 0. The minimum Gasteiger partial charge on any atom is -0.459 e. The number of ketones is 1. The molecule has 2 aliphatic carbocycles. The molecule has 0 aromatic rings.